The van der Waals surface area contributed by atoms with Crippen LogP contribution in [0.4, 0.5) is 5.69 Å². The van der Waals surface area contributed by atoms with Gasteiger partial charge in [-0.1, -0.05) is 0 Å². The minimum absolute atomic E-state index is 0.232. The van der Waals surface area contributed by atoms with Gasteiger partial charge in [0.2, 0.25) is 10.0 Å². The molecule has 0 radical (unpaired) electrons. The second-order valence-corrected chi connectivity index (χ2v) is 6.38. The molecule has 1 aromatic carbocycles. The molecule has 0 aliphatic rings. The molecule has 20 heavy (non-hydrogen) atoms. The molecular formula is C13H18N4O2S. The van der Waals surface area contributed by atoms with Crippen LogP contribution >= 0.6 is 0 Å². The minimum atomic E-state index is -3.56. The molecule has 2 rings (SSSR count). The van der Waals surface area contributed by atoms with Gasteiger partial charge in [-0.15, -0.1) is 0 Å². The molecule has 0 spiro atoms. The highest BCUT2D eigenvalue weighted by molar-refractivity contribution is 7.89. The number of benzene rings is 1. The standard InChI is InChI=1S/C13H18N4O2S/c1-10-8-12(14)11(2)13(9-10)20(18,19)16-5-7-17-6-3-4-15-17/h3-4,6,8-9,16H,5,7,14H2,1-2H3. The van der Waals surface area contributed by atoms with Crippen LogP contribution in [0.3, 0.4) is 0 Å². The molecule has 108 valence electrons. The van der Waals surface area contributed by atoms with E-state index in [0.717, 1.165) is 5.56 Å². The van der Waals surface area contributed by atoms with Crippen molar-refractivity contribution in [2.24, 2.45) is 0 Å². The Morgan fingerprint density at radius 2 is 2.10 bits per heavy atom. The Morgan fingerprint density at radius 3 is 2.75 bits per heavy atom. The first-order valence-electron chi connectivity index (χ1n) is 6.24. The van der Waals surface area contributed by atoms with E-state index in [2.05, 4.69) is 9.82 Å². The molecule has 0 saturated carbocycles. The van der Waals surface area contributed by atoms with Crippen LogP contribution in [-0.2, 0) is 16.6 Å². The molecule has 0 unspecified atom stereocenters. The number of nitrogens with zero attached hydrogens (tertiary/aromatic N) is 2. The smallest absolute Gasteiger partial charge is 0.240 e. The van der Waals surface area contributed by atoms with Gasteiger partial charge in [-0.05, 0) is 43.2 Å². The molecule has 0 amide bonds. The maximum atomic E-state index is 12.3. The summed E-state index contributed by atoms with van der Waals surface area (Å²) in [6.45, 7) is 4.28. The summed E-state index contributed by atoms with van der Waals surface area (Å²) in [5.74, 6) is 0. The van der Waals surface area contributed by atoms with Crippen LogP contribution in [0.25, 0.3) is 0 Å². The lowest BCUT2D eigenvalue weighted by Crippen LogP contribution is -2.28. The van der Waals surface area contributed by atoms with E-state index >= 15 is 0 Å². The van der Waals surface area contributed by atoms with Crippen LogP contribution in [0.2, 0.25) is 0 Å². The van der Waals surface area contributed by atoms with Gasteiger partial charge in [0.15, 0.2) is 0 Å². The van der Waals surface area contributed by atoms with E-state index in [-0.39, 0.29) is 11.4 Å². The van der Waals surface area contributed by atoms with Crippen LogP contribution in [-0.4, -0.2) is 24.7 Å². The lowest BCUT2D eigenvalue weighted by atomic mass is 10.1. The molecule has 7 heteroatoms. The highest BCUT2D eigenvalue weighted by Gasteiger charge is 2.18. The molecule has 0 fully saturated rings. The zero-order valence-electron chi connectivity index (χ0n) is 11.5. The van der Waals surface area contributed by atoms with Gasteiger partial charge in [0.05, 0.1) is 11.4 Å². The van der Waals surface area contributed by atoms with Crippen LogP contribution in [0.15, 0.2) is 35.5 Å². The minimum Gasteiger partial charge on any atom is -0.398 e. The van der Waals surface area contributed by atoms with E-state index in [9.17, 15) is 8.42 Å². The van der Waals surface area contributed by atoms with Crippen LogP contribution in [0.1, 0.15) is 11.1 Å². The third-order valence-corrected chi connectivity index (χ3v) is 4.61. The van der Waals surface area contributed by atoms with Crippen LogP contribution in [0, 0.1) is 13.8 Å². The first-order valence-corrected chi connectivity index (χ1v) is 7.72. The third kappa shape index (κ3) is 3.17. The van der Waals surface area contributed by atoms with Crippen molar-refractivity contribution in [2.45, 2.75) is 25.3 Å². The summed E-state index contributed by atoms with van der Waals surface area (Å²) in [6.07, 6.45) is 3.43. The zero-order valence-corrected chi connectivity index (χ0v) is 12.3. The lowest BCUT2D eigenvalue weighted by Gasteiger charge is -2.12. The van der Waals surface area contributed by atoms with Gasteiger partial charge in [0.25, 0.3) is 0 Å². The van der Waals surface area contributed by atoms with Gasteiger partial charge >= 0.3 is 0 Å². The molecule has 0 atom stereocenters. The summed E-state index contributed by atoms with van der Waals surface area (Å²) in [5.41, 5.74) is 7.69. The second-order valence-electron chi connectivity index (χ2n) is 4.64. The van der Waals surface area contributed by atoms with Crippen LogP contribution < -0.4 is 10.5 Å². The highest BCUT2D eigenvalue weighted by Crippen LogP contribution is 2.22. The second kappa shape index (κ2) is 5.64. The van der Waals surface area contributed by atoms with Gasteiger partial charge in [0, 0.05) is 24.6 Å². The van der Waals surface area contributed by atoms with E-state index in [0.29, 0.717) is 17.8 Å². The first kappa shape index (κ1) is 14.5. The molecule has 1 heterocycles. The Morgan fingerprint density at radius 1 is 1.35 bits per heavy atom. The molecule has 0 saturated heterocycles. The molecule has 1 aromatic heterocycles. The predicted octanol–water partition coefficient (Wildman–Crippen LogP) is 1.06. The number of hydrogen-bond acceptors (Lipinski definition) is 4. The topological polar surface area (TPSA) is 90.0 Å². The summed E-state index contributed by atoms with van der Waals surface area (Å²) < 4.78 is 28.8. The maximum absolute atomic E-state index is 12.3. The number of nitrogen functional groups attached to an aromatic ring is 1. The number of aromatic nitrogens is 2. The molecule has 0 bridgehead atoms. The van der Waals surface area contributed by atoms with Gasteiger partial charge in [-0.3, -0.25) is 4.68 Å². The molecule has 0 aliphatic carbocycles. The number of aryl methyl sites for hydroxylation is 1. The van der Waals surface area contributed by atoms with E-state index in [1.807, 2.05) is 6.92 Å². The molecule has 0 aliphatic heterocycles. The fourth-order valence-corrected chi connectivity index (χ4v) is 3.31. The van der Waals surface area contributed by atoms with Gasteiger partial charge in [-0.25, -0.2) is 13.1 Å². The summed E-state index contributed by atoms with van der Waals surface area (Å²) >= 11 is 0. The van der Waals surface area contributed by atoms with Gasteiger partial charge < -0.3 is 5.73 Å². The monoisotopic (exact) mass is 294 g/mol. The van der Waals surface area contributed by atoms with Crippen LogP contribution in [0.5, 0.6) is 0 Å². The molecular weight excluding hydrogens is 276 g/mol. The van der Waals surface area contributed by atoms with Crippen molar-refractivity contribution in [3.8, 4) is 0 Å². The maximum Gasteiger partial charge on any atom is 0.240 e. The third-order valence-electron chi connectivity index (χ3n) is 3.03. The van der Waals surface area contributed by atoms with Gasteiger partial charge in [-0.2, -0.15) is 5.10 Å². The Hall–Kier alpha value is -1.86. The number of nitrogens with two attached hydrogens (primary N) is 1. The van der Waals surface area contributed by atoms with Gasteiger partial charge in [0.1, 0.15) is 0 Å². The first-order chi connectivity index (χ1) is 9.40. The van der Waals surface area contributed by atoms with Crippen molar-refractivity contribution in [1.29, 1.82) is 0 Å². The summed E-state index contributed by atoms with van der Waals surface area (Å²) in [7, 11) is -3.56. The summed E-state index contributed by atoms with van der Waals surface area (Å²) in [4.78, 5) is 0.232. The summed E-state index contributed by atoms with van der Waals surface area (Å²) in [5, 5.41) is 4.02. The van der Waals surface area contributed by atoms with Crippen molar-refractivity contribution in [1.82, 2.24) is 14.5 Å². The number of hydrogen-bond donors (Lipinski definition) is 2. The van der Waals surface area contributed by atoms with E-state index < -0.39 is 10.0 Å². The Bertz CT molecular complexity index is 693. The van der Waals surface area contributed by atoms with E-state index in [1.54, 1.807) is 42.2 Å². The number of nitrogens with one attached hydrogen (secondary N) is 1. The van der Waals surface area contributed by atoms with E-state index in [1.165, 1.54) is 0 Å². The Kier molecular flexibility index (Phi) is 4.10. The van der Waals surface area contributed by atoms with Crippen molar-refractivity contribution >= 4 is 15.7 Å². The SMILES string of the molecule is Cc1cc(N)c(C)c(S(=O)(=O)NCCn2cccn2)c1. The van der Waals surface area contributed by atoms with Crippen molar-refractivity contribution in [3.63, 3.8) is 0 Å². The number of anilines is 1. The fraction of sp³-hybridized carbons (Fsp3) is 0.308. The normalized spacial score (nSPS) is 11.7. The fourth-order valence-electron chi connectivity index (χ4n) is 1.94. The Labute approximate surface area is 118 Å². The lowest BCUT2D eigenvalue weighted by molar-refractivity contribution is 0.560. The largest absolute Gasteiger partial charge is 0.398 e. The zero-order chi connectivity index (χ0) is 14.8. The van der Waals surface area contributed by atoms with Crippen molar-refractivity contribution in [2.75, 3.05) is 12.3 Å². The molecule has 2 aromatic rings. The molecule has 6 nitrogen and oxygen atoms in total. The Balaban J connectivity index is 2.14. The number of sulfonamides is 1. The average Bonchev–Trinajstić information content (AvgIpc) is 2.86. The quantitative estimate of drug-likeness (QED) is 0.807. The molecule has 3 N–H and O–H groups in total. The van der Waals surface area contributed by atoms with Crippen molar-refractivity contribution in [3.05, 3.63) is 41.7 Å². The van der Waals surface area contributed by atoms with E-state index in [4.69, 9.17) is 5.73 Å². The van der Waals surface area contributed by atoms with Crippen molar-refractivity contribution < 1.29 is 8.42 Å². The predicted molar refractivity (Wildman–Crippen MR) is 77.7 cm³/mol. The number of rotatable bonds is 5. The highest BCUT2D eigenvalue weighted by atomic mass is 32.2. The summed E-state index contributed by atoms with van der Waals surface area (Å²) in [6, 6.07) is 5.18. The average molecular weight is 294 g/mol.